The van der Waals surface area contributed by atoms with Crippen LogP contribution in [-0.2, 0) is 0 Å². The van der Waals surface area contributed by atoms with Crippen LogP contribution in [0.1, 0.15) is 5.56 Å². The Morgan fingerprint density at radius 3 is 1.41 bits per heavy atom. The fourth-order valence-electron chi connectivity index (χ4n) is 11.1. The molecule has 0 bridgehead atoms. The molecule has 0 aliphatic heterocycles. The van der Waals surface area contributed by atoms with E-state index >= 15 is 0 Å². The van der Waals surface area contributed by atoms with Crippen molar-refractivity contribution in [2.45, 2.75) is 0 Å². The van der Waals surface area contributed by atoms with Crippen LogP contribution in [0.4, 0.5) is 0 Å². The van der Waals surface area contributed by atoms with E-state index in [-0.39, 0.29) is 0 Å². The molecule has 0 radical (unpaired) electrons. The summed E-state index contributed by atoms with van der Waals surface area (Å²) < 4.78 is 7.25. The molecule has 0 unspecified atom stereocenters. The van der Waals surface area contributed by atoms with Gasteiger partial charge in [-0.15, -0.1) is 0 Å². The highest BCUT2D eigenvalue weighted by atomic mass is 28.3. The summed E-state index contributed by atoms with van der Waals surface area (Å²) in [7, 11) is -2.78. The number of para-hydroxylation sites is 4. The summed E-state index contributed by atoms with van der Waals surface area (Å²) in [5.74, 6) is 0. The molecule has 0 saturated heterocycles. The van der Waals surface area contributed by atoms with Crippen LogP contribution in [0.3, 0.4) is 0 Å². The predicted molar refractivity (Wildman–Crippen MR) is 278 cm³/mol. The molecule has 13 aromatic rings. The number of nitriles is 1. The van der Waals surface area contributed by atoms with Crippen molar-refractivity contribution in [3.63, 3.8) is 0 Å². The molecule has 0 spiro atoms. The van der Waals surface area contributed by atoms with Gasteiger partial charge in [-0.05, 0) is 87.5 Å². The van der Waals surface area contributed by atoms with Crippen molar-refractivity contribution in [1.29, 1.82) is 5.26 Å². The monoisotopic (exact) mass is 856 g/mol. The van der Waals surface area contributed by atoms with Gasteiger partial charge in [-0.25, -0.2) is 0 Å². The zero-order chi connectivity index (χ0) is 43.8. The van der Waals surface area contributed by atoms with E-state index in [1.54, 1.807) is 0 Å². The SMILES string of the molecule is N#Cc1ccc2c3ccccc3n(-c3cccc4c5ccccc5n(-c5ccc6c(c5)c5ccccc5n6-c5cccc([Si](c6ccccc6)(c6ccccc6)c6ccccc6)c5)c34)c2c1. The largest absolute Gasteiger partial charge is 0.309 e. The second-order valence-electron chi connectivity index (χ2n) is 17.2. The molecule has 66 heavy (non-hydrogen) atoms. The minimum absolute atomic E-state index is 0.639. The lowest BCUT2D eigenvalue weighted by molar-refractivity contribution is 1.13. The predicted octanol–water partition coefficient (Wildman–Crippen LogP) is 12.2. The van der Waals surface area contributed by atoms with Crippen molar-refractivity contribution < 1.29 is 0 Å². The minimum atomic E-state index is -2.78. The highest BCUT2D eigenvalue weighted by Crippen LogP contribution is 2.41. The fourth-order valence-corrected chi connectivity index (χ4v) is 15.9. The molecule has 0 fully saturated rings. The van der Waals surface area contributed by atoms with Crippen LogP contribution in [0.15, 0.2) is 243 Å². The van der Waals surface area contributed by atoms with E-state index in [0.29, 0.717) is 5.56 Å². The van der Waals surface area contributed by atoms with Gasteiger partial charge in [-0.3, -0.25) is 0 Å². The Balaban J connectivity index is 1.06. The number of hydrogen-bond acceptors (Lipinski definition) is 1. The van der Waals surface area contributed by atoms with Crippen LogP contribution < -0.4 is 20.7 Å². The summed E-state index contributed by atoms with van der Waals surface area (Å²) in [5.41, 5.74) is 10.6. The van der Waals surface area contributed by atoms with Crippen molar-refractivity contribution in [2.24, 2.45) is 0 Å². The van der Waals surface area contributed by atoms with Gasteiger partial charge in [0.25, 0.3) is 0 Å². The van der Waals surface area contributed by atoms with Gasteiger partial charge >= 0.3 is 0 Å². The molecule has 0 aliphatic carbocycles. The van der Waals surface area contributed by atoms with Crippen molar-refractivity contribution >= 4 is 94.2 Å². The van der Waals surface area contributed by atoms with Gasteiger partial charge in [0.1, 0.15) is 0 Å². The Labute approximate surface area is 382 Å². The van der Waals surface area contributed by atoms with Gasteiger partial charge < -0.3 is 13.7 Å². The highest BCUT2D eigenvalue weighted by Gasteiger charge is 2.41. The maximum Gasteiger partial charge on any atom is 0.179 e. The Morgan fingerprint density at radius 2 is 0.773 bits per heavy atom. The van der Waals surface area contributed by atoms with Crippen LogP contribution in [0, 0.1) is 11.3 Å². The van der Waals surface area contributed by atoms with Crippen LogP contribution in [0.5, 0.6) is 0 Å². The number of fused-ring (bicyclic) bond motifs is 9. The average Bonchev–Trinajstić information content (AvgIpc) is 4.03. The van der Waals surface area contributed by atoms with Crippen LogP contribution >= 0.6 is 0 Å². The van der Waals surface area contributed by atoms with Gasteiger partial charge in [-0.2, -0.15) is 5.26 Å². The number of benzene rings is 10. The molecule has 0 atom stereocenters. The third-order valence-electron chi connectivity index (χ3n) is 13.8. The van der Waals surface area contributed by atoms with Crippen LogP contribution in [-0.4, -0.2) is 21.8 Å². The van der Waals surface area contributed by atoms with Crippen LogP contribution in [0.2, 0.25) is 0 Å². The van der Waals surface area contributed by atoms with E-state index in [1.165, 1.54) is 42.3 Å². The first kappa shape index (κ1) is 37.8. The van der Waals surface area contributed by atoms with Gasteiger partial charge in [0.15, 0.2) is 8.07 Å². The number of hydrogen-bond donors (Lipinski definition) is 0. The molecule has 13 rings (SSSR count). The van der Waals surface area contributed by atoms with Crippen molar-refractivity contribution in [3.05, 3.63) is 248 Å². The number of rotatable bonds is 7. The number of aromatic nitrogens is 3. The van der Waals surface area contributed by atoms with E-state index in [4.69, 9.17) is 0 Å². The molecule has 3 heterocycles. The Bertz CT molecular complexity index is 3960. The van der Waals surface area contributed by atoms with Crippen LogP contribution in [0.25, 0.3) is 82.5 Å². The first-order valence-electron chi connectivity index (χ1n) is 22.5. The first-order valence-corrected chi connectivity index (χ1v) is 24.5. The third kappa shape index (κ3) is 5.49. The van der Waals surface area contributed by atoms with Crippen molar-refractivity contribution in [2.75, 3.05) is 0 Å². The van der Waals surface area contributed by atoms with Gasteiger partial charge in [0, 0.05) is 43.7 Å². The van der Waals surface area contributed by atoms with Gasteiger partial charge in [-0.1, -0.05) is 176 Å². The molecule has 308 valence electrons. The van der Waals surface area contributed by atoms with Gasteiger partial charge in [0.2, 0.25) is 0 Å². The smallest absolute Gasteiger partial charge is 0.179 e. The molecule has 0 aliphatic rings. The summed E-state index contributed by atoms with van der Waals surface area (Å²) in [6.45, 7) is 0. The molecular formula is C61H40N4Si. The summed E-state index contributed by atoms with van der Waals surface area (Å²) in [4.78, 5) is 0. The van der Waals surface area contributed by atoms with Crippen molar-refractivity contribution in [1.82, 2.24) is 13.7 Å². The molecule has 0 saturated carbocycles. The zero-order valence-corrected chi connectivity index (χ0v) is 36.9. The maximum absolute atomic E-state index is 10.1. The van der Waals surface area contributed by atoms with E-state index in [1.807, 2.05) is 12.1 Å². The lowest BCUT2D eigenvalue weighted by Gasteiger charge is -2.34. The maximum atomic E-state index is 10.1. The Hall–Kier alpha value is -8.69. The molecule has 4 nitrogen and oxygen atoms in total. The molecule has 0 amide bonds. The minimum Gasteiger partial charge on any atom is -0.309 e. The average molecular weight is 857 g/mol. The lowest BCUT2D eigenvalue weighted by Crippen LogP contribution is -2.74. The summed E-state index contributed by atoms with van der Waals surface area (Å²) >= 11 is 0. The topological polar surface area (TPSA) is 38.6 Å². The second kappa shape index (κ2) is 15.0. The normalized spacial score (nSPS) is 11.9. The van der Waals surface area contributed by atoms with E-state index in [0.717, 1.165) is 60.9 Å². The summed E-state index contributed by atoms with van der Waals surface area (Å²) in [5, 5.41) is 22.5. The molecule has 5 heteroatoms. The second-order valence-corrected chi connectivity index (χ2v) is 21.0. The molecule has 10 aromatic carbocycles. The van der Waals surface area contributed by atoms with E-state index < -0.39 is 8.07 Å². The number of nitrogens with zero attached hydrogens (tertiary/aromatic N) is 4. The summed E-state index contributed by atoms with van der Waals surface area (Å²) in [6, 6.07) is 91.0. The molecule has 0 N–H and O–H groups in total. The van der Waals surface area contributed by atoms with Crippen molar-refractivity contribution in [3.8, 4) is 23.1 Å². The quantitative estimate of drug-likeness (QED) is 0.116. The Morgan fingerprint density at radius 1 is 0.303 bits per heavy atom. The van der Waals surface area contributed by atoms with E-state index in [9.17, 15) is 5.26 Å². The Kier molecular flexibility index (Phi) is 8.57. The third-order valence-corrected chi connectivity index (χ3v) is 18.6. The van der Waals surface area contributed by atoms with E-state index in [2.05, 4.69) is 250 Å². The lowest BCUT2D eigenvalue weighted by atomic mass is 10.1. The molecule has 3 aromatic heterocycles. The first-order chi connectivity index (χ1) is 32.7. The van der Waals surface area contributed by atoms with Gasteiger partial charge in [0.05, 0.1) is 50.4 Å². The zero-order valence-electron chi connectivity index (χ0n) is 35.9. The standard InChI is InChI=1S/C61H40N4Si/c62-41-42-34-36-52-49-26-10-15-32-57(49)65(60(52)38-42)59-33-17-29-53-50-27-11-14-31-56(50)64(61(53)59)44-35-37-58-54(40-44)51-28-12-13-30-55(51)63(58)43-18-16-25-48(39-43)66(45-19-4-1-5-20-45,46-21-6-2-7-22-46)47-23-8-3-9-24-47/h1-40H. The molecular weight excluding hydrogens is 817 g/mol. The fraction of sp³-hybridized carbons (Fsp3) is 0. The highest BCUT2D eigenvalue weighted by molar-refractivity contribution is 7.19. The summed E-state index contributed by atoms with van der Waals surface area (Å²) in [6.07, 6.45) is 0.